The maximum Gasteiger partial charge on any atom is 0.0393 e. The van der Waals surface area contributed by atoms with E-state index >= 15 is 0 Å². The first kappa shape index (κ1) is 39.3. The minimum atomic E-state index is -0.121. The van der Waals surface area contributed by atoms with E-state index in [2.05, 4.69) is 230 Å². The molecule has 0 bridgehead atoms. The second-order valence-corrected chi connectivity index (χ2v) is 22.0. The Morgan fingerprint density at radius 3 is 1.03 bits per heavy atom. The fourth-order valence-electron chi connectivity index (χ4n) is 12.7. The van der Waals surface area contributed by atoms with Crippen molar-refractivity contribution in [1.82, 2.24) is 0 Å². The fourth-order valence-corrected chi connectivity index (χ4v) is 13.3. The van der Waals surface area contributed by atoms with Gasteiger partial charge in [0.25, 0.3) is 0 Å². The van der Waals surface area contributed by atoms with Crippen molar-refractivity contribution >= 4 is 37.0 Å². The topological polar surface area (TPSA) is 0 Å². The summed E-state index contributed by atoms with van der Waals surface area (Å²) < 4.78 is 0. The molecule has 13 rings (SSSR count). The van der Waals surface area contributed by atoms with E-state index in [4.69, 9.17) is 0 Å². The summed E-state index contributed by atoms with van der Waals surface area (Å²) in [6.07, 6.45) is 0. The lowest BCUT2D eigenvalue weighted by Crippen LogP contribution is -2.15. The molecule has 0 saturated heterocycles. The van der Waals surface area contributed by atoms with E-state index in [1.54, 1.807) is 0 Å². The van der Waals surface area contributed by atoms with Gasteiger partial charge in [0.1, 0.15) is 0 Å². The predicted molar refractivity (Wildman–Crippen MR) is 285 cm³/mol. The van der Waals surface area contributed by atoms with Gasteiger partial charge in [-0.15, -0.1) is 0 Å². The van der Waals surface area contributed by atoms with Crippen LogP contribution in [0.4, 0.5) is 0 Å². The molecule has 0 saturated carbocycles. The van der Waals surface area contributed by atoms with E-state index in [0.717, 1.165) is 10.2 Å². The molecule has 0 fully saturated rings. The number of fused-ring (bicyclic) bond motifs is 11. The molecule has 0 aromatic heterocycles. The lowest BCUT2D eigenvalue weighted by molar-refractivity contribution is 0.660. The SMILES string of the molecule is CC1(C)c2ccccc2-c2ccc(-c3ccc4c(-c5ccc6c(c5)C(C)(C)c5ccccc5-6)c5cc(-c6ccccc6[SiH3])ccc5c(-c5ccc6c(c5)C(C)(C)c5ccccc5-6)c4c3)cc21. The first-order valence-electron chi connectivity index (χ1n) is 23.7. The van der Waals surface area contributed by atoms with Crippen LogP contribution in [-0.2, 0) is 16.2 Å². The highest BCUT2D eigenvalue weighted by Crippen LogP contribution is 2.55. The molecular weight excluding hydrogens is 809 g/mol. The Kier molecular flexibility index (Phi) is 8.18. The maximum absolute atomic E-state index is 2.53. The summed E-state index contributed by atoms with van der Waals surface area (Å²) in [5.74, 6) is 0. The van der Waals surface area contributed by atoms with Crippen LogP contribution in [0, 0.1) is 0 Å². The van der Waals surface area contributed by atoms with E-state index in [1.807, 2.05) is 0 Å². The molecule has 0 amide bonds. The average Bonchev–Trinajstić information content (AvgIpc) is 3.82. The van der Waals surface area contributed by atoms with Crippen LogP contribution in [0.25, 0.3) is 99.4 Å². The largest absolute Gasteiger partial charge is 0.0634 e. The van der Waals surface area contributed by atoms with Gasteiger partial charge in [-0.3, -0.25) is 0 Å². The third-order valence-electron chi connectivity index (χ3n) is 16.2. The summed E-state index contributed by atoms with van der Waals surface area (Å²) in [4.78, 5) is 0. The second kappa shape index (κ2) is 13.7. The molecule has 0 heterocycles. The molecule has 10 aromatic carbocycles. The second-order valence-electron chi connectivity index (χ2n) is 20.9. The molecule has 3 aliphatic carbocycles. The Balaban J connectivity index is 1.12. The zero-order chi connectivity index (χ0) is 44.9. The number of benzene rings is 10. The summed E-state index contributed by atoms with van der Waals surface area (Å²) in [5.41, 5.74) is 26.4. The number of rotatable bonds is 4. The highest BCUT2D eigenvalue weighted by Gasteiger charge is 2.38. The molecule has 0 spiro atoms. The first-order valence-corrected chi connectivity index (χ1v) is 24.7. The van der Waals surface area contributed by atoms with Gasteiger partial charge in [-0.05, 0) is 163 Å². The molecule has 316 valence electrons. The fraction of sp³-hybridized carbons (Fsp3) is 0.138. The normalized spacial score (nSPS) is 15.3. The number of hydrogen-bond donors (Lipinski definition) is 0. The Morgan fingerprint density at radius 1 is 0.258 bits per heavy atom. The summed E-state index contributed by atoms with van der Waals surface area (Å²) in [7, 11) is 0.978. The van der Waals surface area contributed by atoms with E-state index in [9.17, 15) is 0 Å². The van der Waals surface area contributed by atoms with Gasteiger partial charge in [0.2, 0.25) is 0 Å². The van der Waals surface area contributed by atoms with Gasteiger partial charge >= 0.3 is 0 Å². The average molecular weight is 861 g/mol. The van der Waals surface area contributed by atoms with E-state index < -0.39 is 0 Å². The van der Waals surface area contributed by atoms with Gasteiger partial charge in [0.05, 0.1) is 0 Å². The molecular formula is C65H52Si. The third-order valence-corrected chi connectivity index (χ3v) is 17.1. The smallest absolute Gasteiger partial charge is 0.0393 e. The van der Waals surface area contributed by atoms with Crippen molar-refractivity contribution in [3.63, 3.8) is 0 Å². The molecule has 3 aliphatic rings. The van der Waals surface area contributed by atoms with Crippen LogP contribution in [-0.4, -0.2) is 10.2 Å². The monoisotopic (exact) mass is 860 g/mol. The van der Waals surface area contributed by atoms with Gasteiger partial charge < -0.3 is 0 Å². The Labute approximate surface area is 392 Å². The molecule has 66 heavy (non-hydrogen) atoms. The molecule has 0 unspecified atom stereocenters. The molecule has 0 aliphatic heterocycles. The van der Waals surface area contributed by atoms with E-state index in [1.165, 1.54) is 138 Å². The summed E-state index contributed by atoms with van der Waals surface area (Å²) in [6, 6.07) is 72.5. The molecule has 1 heteroatoms. The lowest BCUT2D eigenvalue weighted by Gasteiger charge is -2.24. The summed E-state index contributed by atoms with van der Waals surface area (Å²) >= 11 is 0. The van der Waals surface area contributed by atoms with Gasteiger partial charge in [-0.25, -0.2) is 0 Å². The van der Waals surface area contributed by atoms with Crippen LogP contribution >= 0.6 is 0 Å². The Morgan fingerprint density at radius 2 is 0.576 bits per heavy atom. The van der Waals surface area contributed by atoms with Crippen molar-refractivity contribution in [1.29, 1.82) is 0 Å². The maximum atomic E-state index is 2.53. The van der Waals surface area contributed by atoms with E-state index in [-0.39, 0.29) is 16.2 Å². The van der Waals surface area contributed by atoms with E-state index in [0.29, 0.717) is 0 Å². The van der Waals surface area contributed by atoms with Gasteiger partial charge in [-0.1, -0.05) is 204 Å². The zero-order valence-electron chi connectivity index (χ0n) is 38.9. The van der Waals surface area contributed by atoms with Crippen LogP contribution in [0.3, 0.4) is 0 Å². The van der Waals surface area contributed by atoms with Crippen LogP contribution in [0.15, 0.2) is 188 Å². The highest BCUT2D eigenvalue weighted by molar-refractivity contribution is 6.36. The van der Waals surface area contributed by atoms with Gasteiger partial charge in [-0.2, -0.15) is 0 Å². The quantitative estimate of drug-likeness (QED) is 0.122. The highest BCUT2D eigenvalue weighted by atomic mass is 28.1. The zero-order valence-corrected chi connectivity index (χ0v) is 40.9. The molecule has 0 nitrogen and oxygen atoms in total. The third kappa shape index (κ3) is 5.38. The van der Waals surface area contributed by atoms with Crippen molar-refractivity contribution in [3.05, 3.63) is 221 Å². The molecule has 0 N–H and O–H groups in total. The Hall–Kier alpha value is -7.06. The molecule has 10 aromatic rings. The van der Waals surface area contributed by atoms with Crippen LogP contribution in [0.2, 0.25) is 0 Å². The van der Waals surface area contributed by atoms with Crippen LogP contribution in [0.5, 0.6) is 0 Å². The van der Waals surface area contributed by atoms with Crippen molar-refractivity contribution in [2.24, 2.45) is 0 Å². The number of hydrogen-bond acceptors (Lipinski definition) is 0. The summed E-state index contributed by atoms with van der Waals surface area (Å²) in [6.45, 7) is 14.4. The molecule has 0 atom stereocenters. The summed E-state index contributed by atoms with van der Waals surface area (Å²) in [5, 5.41) is 6.56. The van der Waals surface area contributed by atoms with Crippen molar-refractivity contribution in [2.45, 2.75) is 57.8 Å². The predicted octanol–water partition coefficient (Wildman–Crippen LogP) is 15.6. The standard InChI is InChI=1S/C65H52Si/c1-63(2)54-19-11-7-16-44(54)47-28-23-39(35-57(47)63)38-24-31-50-52(33-38)61(41-26-29-48-45-17-8-12-20-55(45)64(3,4)58(48)36-41)51-32-25-40(43-15-10-14-22-60(43)66)34-53(51)62(50)42-27-30-49-46-18-9-13-21-56(46)65(5,6)59(49)37-42/h7-37H,1-6,66H3. The van der Waals surface area contributed by atoms with Gasteiger partial charge in [0.15, 0.2) is 0 Å². The van der Waals surface area contributed by atoms with Gasteiger partial charge in [0, 0.05) is 26.5 Å². The molecule has 0 radical (unpaired) electrons. The minimum Gasteiger partial charge on any atom is -0.0634 e. The first-order chi connectivity index (χ1) is 31.9. The van der Waals surface area contributed by atoms with Crippen molar-refractivity contribution < 1.29 is 0 Å². The minimum absolute atomic E-state index is 0.0829. The van der Waals surface area contributed by atoms with Crippen LogP contribution in [0.1, 0.15) is 74.9 Å². The Bertz CT molecular complexity index is 3740. The van der Waals surface area contributed by atoms with Crippen LogP contribution < -0.4 is 5.19 Å². The van der Waals surface area contributed by atoms with Crippen molar-refractivity contribution in [2.75, 3.05) is 0 Å². The lowest BCUT2D eigenvalue weighted by atomic mass is 9.79. The van der Waals surface area contributed by atoms with Crippen molar-refractivity contribution in [3.8, 4) is 77.9 Å².